The molecule has 3 aromatic rings. The summed E-state index contributed by atoms with van der Waals surface area (Å²) in [5, 5.41) is 6.35. The van der Waals surface area contributed by atoms with E-state index in [0.29, 0.717) is 23.8 Å². The first-order valence-corrected chi connectivity index (χ1v) is 9.67. The normalized spacial score (nSPS) is 11.5. The van der Waals surface area contributed by atoms with E-state index in [4.69, 9.17) is 4.74 Å². The molecular weight excluding hydrogens is 404 g/mol. The largest absolute Gasteiger partial charge is 0.497 e. The van der Waals surface area contributed by atoms with Gasteiger partial charge in [0.05, 0.1) is 13.4 Å². The molecule has 0 aliphatic rings. The highest BCUT2D eigenvalue weighted by molar-refractivity contribution is 5.79. The molecule has 0 atom stereocenters. The number of ether oxygens (including phenoxy) is 2. The lowest BCUT2D eigenvalue weighted by Gasteiger charge is -2.16. The Morgan fingerprint density at radius 1 is 1.13 bits per heavy atom. The molecule has 9 heteroatoms. The highest BCUT2D eigenvalue weighted by Gasteiger charge is 2.11. The van der Waals surface area contributed by atoms with Gasteiger partial charge in [-0.25, -0.2) is 4.98 Å². The molecule has 0 fully saturated rings. The number of halogens is 2. The molecule has 0 aliphatic heterocycles. The van der Waals surface area contributed by atoms with Crippen molar-refractivity contribution in [2.75, 3.05) is 14.2 Å². The number of nitrogens with one attached hydrogen (secondary N) is 2. The van der Waals surface area contributed by atoms with Gasteiger partial charge in [0.2, 0.25) is 0 Å². The number of hydrogen-bond donors (Lipinski definition) is 2. The van der Waals surface area contributed by atoms with Crippen LogP contribution in [0, 0.1) is 0 Å². The summed E-state index contributed by atoms with van der Waals surface area (Å²) in [4.78, 5) is 8.25. The molecule has 2 N–H and O–H groups in total. The van der Waals surface area contributed by atoms with E-state index < -0.39 is 6.61 Å². The first-order chi connectivity index (χ1) is 15.1. The zero-order valence-corrected chi connectivity index (χ0v) is 17.4. The molecule has 0 aliphatic carbocycles. The number of hydrogen-bond acceptors (Lipinski definition) is 4. The monoisotopic (exact) mass is 429 g/mol. The topological polar surface area (TPSA) is 72.7 Å². The van der Waals surface area contributed by atoms with Crippen LogP contribution in [-0.2, 0) is 19.6 Å². The second-order valence-corrected chi connectivity index (χ2v) is 6.69. The maximum Gasteiger partial charge on any atom is 0.387 e. The molecule has 2 aromatic carbocycles. The molecule has 0 saturated carbocycles. The minimum absolute atomic E-state index is 0.0888. The van der Waals surface area contributed by atoms with Gasteiger partial charge in [-0.1, -0.05) is 24.3 Å². The number of benzene rings is 2. The molecule has 0 saturated heterocycles. The molecule has 31 heavy (non-hydrogen) atoms. The Bertz CT molecular complexity index is 993. The number of aliphatic imine (C=N–C) groups is 1. The summed E-state index contributed by atoms with van der Waals surface area (Å²) in [6.45, 7) is -1.38. The van der Waals surface area contributed by atoms with E-state index in [1.54, 1.807) is 31.7 Å². The number of alkyl halides is 2. The van der Waals surface area contributed by atoms with Gasteiger partial charge in [0.25, 0.3) is 0 Å². The van der Waals surface area contributed by atoms with Crippen LogP contribution < -0.4 is 20.1 Å². The number of methoxy groups -OCH3 is 1. The minimum Gasteiger partial charge on any atom is -0.497 e. The van der Waals surface area contributed by atoms with Gasteiger partial charge in [0.15, 0.2) is 5.96 Å². The summed E-state index contributed by atoms with van der Waals surface area (Å²) in [6, 6.07) is 12.9. The summed E-state index contributed by atoms with van der Waals surface area (Å²) in [6.07, 6.45) is 5.45. The Morgan fingerprint density at radius 3 is 2.65 bits per heavy atom. The Kier molecular flexibility index (Phi) is 7.80. The predicted octanol–water partition coefficient (Wildman–Crippen LogP) is 3.41. The van der Waals surface area contributed by atoms with Gasteiger partial charge in [-0.05, 0) is 29.3 Å². The second kappa shape index (κ2) is 11.0. The second-order valence-electron chi connectivity index (χ2n) is 6.69. The van der Waals surface area contributed by atoms with Crippen molar-refractivity contribution < 1.29 is 18.3 Å². The van der Waals surface area contributed by atoms with Gasteiger partial charge >= 0.3 is 6.61 Å². The van der Waals surface area contributed by atoms with Crippen molar-refractivity contribution in [2.24, 2.45) is 4.99 Å². The van der Waals surface area contributed by atoms with Crippen LogP contribution in [0.15, 0.2) is 66.2 Å². The van der Waals surface area contributed by atoms with Gasteiger partial charge in [0.1, 0.15) is 11.5 Å². The summed E-state index contributed by atoms with van der Waals surface area (Å²) >= 11 is 0. The third kappa shape index (κ3) is 6.70. The molecule has 1 aromatic heterocycles. The van der Waals surface area contributed by atoms with Crippen LogP contribution in [-0.4, -0.2) is 36.3 Å². The Labute approximate surface area is 179 Å². The van der Waals surface area contributed by atoms with Gasteiger partial charge in [-0.2, -0.15) is 8.78 Å². The fourth-order valence-corrected chi connectivity index (χ4v) is 3.05. The molecule has 164 valence electrons. The highest BCUT2D eigenvalue weighted by Crippen LogP contribution is 2.25. The maximum absolute atomic E-state index is 12.7. The number of guanidine groups is 1. The number of imidazole rings is 1. The number of aromatic nitrogens is 2. The van der Waals surface area contributed by atoms with Crippen molar-refractivity contribution in [3.63, 3.8) is 0 Å². The molecule has 0 amide bonds. The van der Waals surface area contributed by atoms with Crippen LogP contribution in [0.5, 0.6) is 11.5 Å². The summed E-state index contributed by atoms with van der Waals surface area (Å²) in [5.41, 5.74) is 2.78. The van der Waals surface area contributed by atoms with Crippen molar-refractivity contribution in [3.8, 4) is 11.5 Å². The van der Waals surface area contributed by atoms with E-state index in [-0.39, 0.29) is 12.3 Å². The van der Waals surface area contributed by atoms with Gasteiger partial charge in [0, 0.05) is 44.6 Å². The maximum atomic E-state index is 12.7. The first kappa shape index (κ1) is 22.1. The lowest BCUT2D eigenvalue weighted by atomic mass is 10.1. The van der Waals surface area contributed by atoms with E-state index in [1.807, 2.05) is 22.9 Å². The standard InChI is InChI=1S/C22H25F2N5O2/c1-25-22(28-13-18-11-19(30-2)6-7-20(18)31-21(23)24)27-12-16-4-3-5-17(10-16)14-29-9-8-26-15-29/h3-11,15,21H,12-14H2,1-2H3,(H2,25,27,28). The zero-order valence-electron chi connectivity index (χ0n) is 17.4. The smallest absolute Gasteiger partial charge is 0.387 e. The third-order valence-electron chi connectivity index (χ3n) is 4.53. The van der Waals surface area contributed by atoms with Crippen molar-refractivity contribution in [2.45, 2.75) is 26.2 Å². The fourth-order valence-electron chi connectivity index (χ4n) is 3.05. The van der Waals surface area contributed by atoms with Crippen molar-refractivity contribution >= 4 is 5.96 Å². The molecule has 0 unspecified atom stereocenters. The lowest BCUT2D eigenvalue weighted by molar-refractivity contribution is -0.0504. The van der Waals surface area contributed by atoms with Crippen LogP contribution in [0.3, 0.4) is 0 Å². The van der Waals surface area contributed by atoms with Gasteiger partial charge in [-0.3, -0.25) is 4.99 Å². The van der Waals surface area contributed by atoms with Crippen molar-refractivity contribution in [1.29, 1.82) is 0 Å². The van der Waals surface area contributed by atoms with E-state index in [2.05, 4.69) is 37.5 Å². The van der Waals surface area contributed by atoms with Crippen LogP contribution in [0.1, 0.15) is 16.7 Å². The Balaban J connectivity index is 1.59. The average molecular weight is 429 g/mol. The predicted molar refractivity (Wildman–Crippen MR) is 114 cm³/mol. The SMILES string of the molecule is CN=C(NCc1cccc(Cn2ccnc2)c1)NCc1cc(OC)ccc1OC(F)F. The zero-order chi connectivity index (χ0) is 22.1. The van der Waals surface area contributed by atoms with E-state index in [1.165, 1.54) is 13.2 Å². The quantitative estimate of drug-likeness (QED) is 0.403. The fraction of sp³-hybridized carbons (Fsp3) is 0.273. The van der Waals surface area contributed by atoms with E-state index in [0.717, 1.165) is 17.7 Å². The van der Waals surface area contributed by atoms with Crippen molar-refractivity contribution in [1.82, 2.24) is 20.2 Å². The summed E-state index contributed by atoms with van der Waals surface area (Å²) in [5.74, 6) is 1.17. The molecule has 1 heterocycles. The third-order valence-corrected chi connectivity index (χ3v) is 4.53. The minimum atomic E-state index is -2.90. The summed E-state index contributed by atoms with van der Waals surface area (Å²) < 4.78 is 37.2. The summed E-state index contributed by atoms with van der Waals surface area (Å²) in [7, 11) is 3.16. The van der Waals surface area contributed by atoms with E-state index >= 15 is 0 Å². The lowest BCUT2D eigenvalue weighted by Crippen LogP contribution is -2.36. The molecule has 0 spiro atoms. The molecule has 0 bridgehead atoms. The van der Waals surface area contributed by atoms with Gasteiger partial charge in [-0.15, -0.1) is 0 Å². The number of rotatable bonds is 9. The molecule has 7 nitrogen and oxygen atoms in total. The van der Waals surface area contributed by atoms with Crippen LogP contribution in [0.4, 0.5) is 8.78 Å². The molecule has 0 radical (unpaired) electrons. The molecule has 3 rings (SSSR count). The Hall–Kier alpha value is -3.62. The number of nitrogens with zero attached hydrogens (tertiary/aromatic N) is 3. The van der Waals surface area contributed by atoms with Crippen LogP contribution >= 0.6 is 0 Å². The first-order valence-electron chi connectivity index (χ1n) is 9.67. The van der Waals surface area contributed by atoms with Crippen LogP contribution in [0.2, 0.25) is 0 Å². The Morgan fingerprint density at radius 2 is 1.94 bits per heavy atom. The van der Waals surface area contributed by atoms with E-state index in [9.17, 15) is 8.78 Å². The molecular formula is C22H25F2N5O2. The van der Waals surface area contributed by atoms with Gasteiger partial charge < -0.3 is 24.7 Å². The highest BCUT2D eigenvalue weighted by atomic mass is 19.3. The average Bonchev–Trinajstić information content (AvgIpc) is 3.27. The van der Waals surface area contributed by atoms with Crippen molar-refractivity contribution in [3.05, 3.63) is 77.9 Å². The van der Waals surface area contributed by atoms with Crippen LogP contribution in [0.25, 0.3) is 0 Å².